The molecule has 81 heavy (non-hydrogen) atoms. The molecule has 1 saturated carbocycles. The summed E-state index contributed by atoms with van der Waals surface area (Å²) < 4.78 is 49.4. The summed E-state index contributed by atoms with van der Waals surface area (Å²) in [6.45, 7) is 6.70. The highest BCUT2D eigenvalue weighted by Gasteiger charge is 2.39. The number of amides is 5. The molecule has 0 unspecified atom stereocenters. The quantitative estimate of drug-likeness (QED) is 0.0936. The molecular formula is C62H74F3N9O7. The van der Waals surface area contributed by atoms with Crippen LogP contribution in [-0.2, 0) is 32.1 Å². The number of hydrogen-bond acceptors (Lipinski definition) is 10. The maximum Gasteiger partial charge on any atom is 0.272 e. The van der Waals surface area contributed by atoms with Gasteiger partial charge in [-0.25, -0.2) is 18.3 Å². The fraction of sp³-hybridized carbons (Fsp3) is 0.500. The first-order valence-electron chi connectivity index (χ1n) is 29.1. The molecule has 4 aliphatic heterocycles. The molecule has 3 N–H and O–H groups in total. The van der Waals surface area contributed by atoms with E-state index in [4.69, 9.17) is 4.74 Å². The van der Waals surface area contributed by atoms with Gasteiger partial charge in [0.05, 0.1) is 41.9 Å². The number of hydrogen-bond donors (Lipinski definition) is 3. The number of fused-ring (bicyclic) bond motifs is 1. The number of piperazine rings is 1. The fourth-order valence-electron chi connectivity index (χ4n) is 12.8. The minimum absolute atomic E-state index is 0.00830. The third-order valence-electron chi connectivity index (χ3n) is 17.4. The molecule has 5 aromatic rings. The van der Waals surface area contributed by atoms with E-state index in [-0.39, 0.29) is 103 Å². The molecular weight excluding hydrogens is 1040 g/mol. The summed E-state index contributed by atoms with van der Waals surface area (Å²) in [4.78, 5) is 90.8. The second-order valence-electron chi connectivity index (χ2n) is 22.8. The lowest BCUT2D eigenvalue weighted by Crippen LogP contribution is -2.57. The van der Waals surface area contributed by atoms with E-state index in [1.807, 2.05) is 35.2 Å². The van der Waals surface area contributed by atoms with Crippen molar-refractivity contribution in [3.8, 4) is 0 Å². The predicted octanol–water partition coefficient (Wildman–Crippen LogP) is 6.95. The van der Waals surface area contributed by atoms with Crippen molar-refractivity contribution >= 4 is 40.3 Å². The van der Waals surface area contributed by atoms with Crippen LogP contribution in [0.4, 0.5) is 13.2 Å². The maximum absolute atomic E-state index is 15.2. The normalized spacial score (nSPS) is 21.0. The summed E-state index contributed by atoms with van der Waals surface area (Å²) in [6.07, 6.45) is 9.70. The summed E-state index contributed by atoms with van der Waals surface area (Å²) in [5.41, 5.74) is 2.66. The molecule has 16 nitrogen and oxygen atoms in total. The highest BCUT2D eigenvalue weighted by Crippen LogP contribution is 2.32. The summed E-state index contributed by atoms with van der Waals surface area (Å²) in [7, 11) is 0. The minimum Gasteiger partial charge on any atom is -0.375 e. The lowest BCUT2D eigenvalue weighted by molar-refractivity contribution is -0.143. The van der Waals surface area contributed by atoms with Gasteiger partial charge in [0.15, 0.2) is 0 Å². The number of piperidine rings is 3. The highest BCUT2D eigenvalue weighted by molar-refractivity contribution is 5.98. The molecule has 0 bridgehead atoms. The Morgan fingerprint density at radius 3 is 2.23 bits per heavy atom. The number of H-pyrrole nitrogens is 1. The van der Waals surface area contributed by atoms with Crippen molar-refractivity contribution in [1.29, 1.82) is 0 Å². The molecule has 5 amide bonds. The molecule has 430 valence electrons. The molecule has 19 heteroatoms. The summed E-state index contributed by atoms with van der Waals surface area (Å²) in [5, 5.41) is 14.2. The van der Waals surface area contributed by atoms with Crippen molar-refractivity contribution in [3.63, 3.8) is 0 Å². The largest absolute Gasteiger partial charge is 0.375 e. The fourth-order valence-corrected chi connectivity index (χ4v) is 12.8. The molecule has 5 heterocycles. The smallest absolute Gasteiger partial charge is 0.272 e. The van der Waals surface area contributed by atoms with E-state index in [1.165, 1.54) is 18.2 Å². The van der Waals surface area contributed by atoms with E-state index < -0.39 is 29.4 Å². The van der Waals surface area contributed by atoms with Crippen LogP contribution in [0.25, 0.3) is 10.8 Å². The molecule has 5 fully saturated rings. The molecule has 10 rings (SSSR count). The number of carbonyl (C=O) groups is 5. The Labute approximate surface area is 470 Å². The molecule has 4 saturated heterocycles. The van der Waals surface area contributed by atoms with Crippen LogP contribution in [0.2, 0.25) is 0 Å². The second-order valence-corrected chi connectivity index (χ2v) is 22.8. The second kappa shape index (κ2) is 26.3. The van der Waals surface area contributed by atoms with Gasteiger partial charge >= 0.3 is 0 Å². The standard InChI is InChI=1S/C62H74F3N9O7/c1-40-31-49(81-48-20-24-70(25-21-48)39-57(76)71-27-29-72(30-28-71)61(79)52-32-41(16-19-53(52)64)33-55-50-14-5-6-15-51(50)60(78)69-68-55)22-26-74(40)62(80)58(42-9-3-2-4-10-42)67-59(77)44-12-7-11-43(34-44)46-13-8-23-73(38-46)56(75)37-66-36-45-17-18-47(63)35-54(45)65/h5-7,11-12,14-19,32,34-35,40,42,46,48-49,58,66H,2-4,8-10,13,20-31,33,36-39H2,1H3,(H,67,77)(H,69,78)/t40-,46-,49+,58-/m1/s1. The van der Waals surface area contributed by atoms with Crippen molar-refractivity contribution in [2.75, 3.05) is 72.0 Å². The first kappa shape index (κ1) is 57.3. The Morgan fingerprint density at radius 1 is 0.716 bits per heavy atom. The molecule has 4 atom stereocenters. The SMILES string of the molecule is C[C@@H]1C[C@@H](OC2CCN(CC(=O)N3CCN(C(=O)c4cc(Cc5n[nH]c(=O)c6ccccc56)ccc4F)CC3)CC2)CCN1C(=O)[C@H](NC(=O)c1cccc([C@@H]2CCCN(C(=O)CNCc3ccc(F)cc3F)C2)c1)C1CCCCC1. The van der Waals surface area contributed by atoms with E-state index >= 15 is 4.39 Å². The van der Waals surface area contributed by atoms with E-state index in [1.54, 1.807) is 45.0 Å². The van der Waals surface area contributed by atoms with E-state index in [2.05, 4.69) is 32.7 Å². The monoisotopic (exact) mass is 1110 g/mol. The third kappa shape index (κ3) is 14.0. The Kier molecular flexibility index (Phi) is 18.6. The van der Waals surface area contributed by atoms with Crippen LogP contribution in [0.3, 0.4) is 0 Å². The van der Waals surface area contributed by atoms with Gasteiger partial charge in [0.2, 0.25) is 17.7 Å². The number of nitrogens with zero attached hydrogens (tertiary/aromatic N) is 6. The van der Waals surface area contributed by atoms with Crippen LogP contribution >= 0.6 is 0 Å². The van der Waals surface area contributed by atoms with Gasteiger partial charge < -0.3 is 35.0 Å². The number of benzene rings is 4. The lowest BCUT2D eigenvalue weighted by Gasteiger charge is -2.42. The van der Waals surface area contributed by atoms with Crippen molar-refractivity contribution in [3.05, 3.63) is 146 Å². The van der Waals surface area contributed by atoms with Gasteiger partial charge in [-0.1, -0.05) is 61.7 Å². The average Bonchev–Trinajstić information content (AvgIpc) is 3.49. The van der Waals surface area contributed by atoms with Crippen LogP contribution in [-0.4, -0.2) is 161 Å². The average molecular weight is 1110 g/mol. The Bertz CT molecular complexity index is 3140. The molecule has 1 aromatic heterocycles. The number of halogens is 3. The van der Waals surface area contributed by atoms with E-state index in [9.17, 15) is 37.5 Å². The zero-order valence-electron chi connectivity index (χ0n) is 46.2. The number of likely N-dealkylation sites (tertiary alicyclic amines) is 3. The lowest BCUT2D eigenvalue weighted by atomic mass is 9.82. The number of aromatic amines is 1. The zero-order chi connectivity index (χ0) is 56.6. The van der Waals surface area contributed by atoms with Gasteiger partial charge in [-0.2, -0.15) is 5.10 Å². The van der Waals surface area contributed by atoms with E-state index in [0.717, 1.165) is 69.4 Å². The van der Waals surface area contributed by atoms with Crippen LogP contribution in [0.5, 0.6) is 0 Å². The molecule has 0 radical (unpaired) electrons. The number of rotatable bonds is 16. The van der Waals surface area contributed by atoms with Crippen LogP contribution in [0.15, 0.2) is 89.7 Å². The number of aromatic nitrogens is 2. The Hall–Kier alpha value is -6.96. The van der Waals surface area contributed by atoms with Gasteiger partial charge in [0, 0.05) is 106 Å². The number of ether oxygens (including phenoxy) is 1. The number of nitrogens with one attached hydrogen (secondary N) is 3. The van der Waals surface area contributed by atoms with Crippen molar-refractivity contribution in [2.24, 2.45) is 5.92 Å². The topological polar surface area (TPSA) is 181 Å². The third-order valence-corrected chi connectivity index (χ3v) is 17.4. The van der Waals surface area contributed by atoms with Crippen molar-refractivity contribution in [1.82, 2.24) is 45.3 Å². The van der Waals surface area contributed by atoms with Crippen LogP contribution < -0.4 is 16.2 Å². The maximum atomic E-state index is 15.2. The minimum atomic E-state index is -0.662. The van der Waals surface area contributed by atoms with Gasteiger partial charge in [0.1, 0.15) is 23.5 Å². The Balaban J connectivity index is 0.661. The Morgan fingerprint density at radius 2 is 1.47 bits per heavy atom. The van der Waals surface area contributed by atoms with Crippen molar-refractivity contribution < 1.29 is 41.9 Å². The van der Waals surface area contributed by atoms with Crippen LogP contribution in [0.1, 0.15) is 127 Å². The van der Waals surface area contributed by atoms with Gasteiger partial charge in [-0.15, -0.1) is 0 Å². The van der Waals surface area contributed by atoms with Crippen molar-refractivity contribution in [2.45, 2.75) is 121 Å². The first-order valence-corrected chi connectivity index (χ1v) is 29.1. The molecule has 4 aromatic carbocycles. The van der Waals surface area contributed by atoms with E-state index in [0.29, 0.717) is 92.7 Å². The first-order chi connectivity index (χ1) is 39.2. The molecule has 5 aliphatic rings. The summed E-state index contributed by atoms with van der Waals surface area (Å²) in [6, 6.07) is 21.7. The van der Waals surface area contributed by atoms with Gasteiger partial charge in [-0.3, -0.25) is 33.7 Å². The number of carbonyl (C=O) groups excluding carboxylic acids is 5. The summed E-state index contributed by atoms with van der Waals surface area (Å²) >= 11 is 0. The highest BCUT2D eigenvalue weighted by atomic mass is 19.1. The van der Waals surface area contributed by atoms with Gasteiger partial charge in [0.25, 0.3) is 17.4 Å². The molecule has 1 aliphatic carbocycles. The predicted molar refractivity (Wildman–Crippen MR) is 300 cm³/mol. The zero-order valence-corrected chi connectivity index (χ0v) is 46.2. The van der Waals surface area contributed by atoms with Gasteiger partial charge in [-0.05, 0) is 112 Å². The van der Waals surface area contributed by atoms with Crippen LogP contribution in [0, 0.1) is 23.4 Å². The summed E-state index contributed by atoms with van der Waals surface area (Å²) in [5.74, 6) is -2.80. The molecule has 0 spiro atoms.